The molecule has 3 rings (SSSR count). The number of hydrogen-bond acceptors (Lipinski definition) is 5. The van der Waals surface area contributed by atoms with Crippen LogP contribution in [0, 0.1) is 16.7 Å². The zero-order valence-electron chi connectivity index (χ0n) is 16.4. The van der Waals surface area contributed by atoms with Crippen LogP contribution in [0.15, 0.2) is 72.3 Å². The van der Waals surface area contributed by atoms with E-state index in [2.05, 4.69) is 6.07 Å². The number of esters is 1. The lowest BCUT2D eigenvalue weighted by molar-refractivity contribution is -0.176. The Labute approximate surface area is 169 Å². The first-order valence-electron chi connectivity index (χ1n) is 9.24. The molecule has 0 N–H and O–H groups in total. The first kappa shape index (κ1) is 20.3. The van der Waals surface area contributed by atoms with Gasteiger partial charge in [0, 0.05) is 19.0 Å². The largest absolute Gasteiger partial charge is 0.449 e. The first-order chi connectivity index (χ1) is 14.0. The van der Waals surface area contributed by atoms with Crippen molar-refractivity contribution in [1.29, 1.82) is 5.26 Å². The van der Waals surface area contributed by atoms with Gasteiger partial charge < -0.3 is 4.74 Å². The molecule has 0 fully saturated rings. The molecular formula is C23H22N2O4. The Balaban J connectivity index is 1.81. The Morgan fingerprint density at radius 3 is 2.10 bits per heavy atom. The van der Waals surface area contributed by atoms with Crippen molar-refractivity contribution in [3.8, 4) is 6.07 Å². The van der Waals surface area contributed by atoms with E-state index in [9.17, 15) is 14.9 Å². The highest BCUT2D eigenvalue weighted by Crippen LogP contribution is 2.40. The highest BCUT2D eigenvalue weighted by molar-refractivity contribution is 5.94. The highest BCUT2D eigenvalue weighted by Gasteiger charge is 2.46. The molecule has 2 aromatic carbocycles. The Kier molecular flexibility index (Phi) is 6.10. The molecule has 29 heavy (non-hydrogen) atoms. The number of nitriles is 1. The van der Waals surface area contributed by atoms with Gasteiger partial charge in [-0.25, -0.2) is 9.86 Å². The summed E-state index contributed by atoms with van der Waals surface area (Å²) in [5, 5.41) is 10.6. The number of nitrogens with zero attached hydrogens (tertiary/aromatic N) is 2. The number of carbonyl (C=O) groups is 2. The third-order valence-electron chi connectivity index (χ3n) is 5.06. The molecule has 148 valence electrons. The normalized spacial score (nSPS) is 18.1. The molecule has 1 amide bonds. The molecule has 0 saturated carbocycles. The Morgan fingerprint density at radius 1 is 1.07 bits per heavy atom. The summed E-state index contributed by atoms with van der Waals surface area (Å²) in [5.74, 6) is -1.02. The van der Waals surface area contributed by atoms with Gasteiger partial charge >= 0.3 is 5.97 Å². The SMILES string of the molecule is CON(C)C(=O)[C@]1(C#N)CC=C(C(=O)OC(c2ccccc2)c2ccccc2)C1. The second kappa shape index (κ2) is 8.72. The summed E-state index contributed by atoms with van der Waals surface area (Å²) in [4.78, 5) is 30.4. The van der Waals surface area contributed by atoms with Crippen molar-refractivity contribution in [3.05, 3.63) is 83.4 Å². The summed E-state index contributed by atoms with van der Waals surface area (Å²) in [6, 6.07) is 21.0. The second-order valence-corrected chi connectivity index (χ2v) is 6.90. The molecule has 1 aliphatic carbocycles. The summed E-state index contributed by atoms with van der Waals surface area (Å²) in [6.45, 7) is 0. The summed E-state index contributed by atoms with van der Waals surface area (Å²) in [5.41, 5.74) is 0.648. The minimum atomic E-state index is -1.35. The predicted octanol–water partition coefficient (Wildman–Crippen LogP) is 3.57. The lowest BCUT2D eigenvalue weighted by Gasteiger charge is -2.25. The van der Waals surface area contributed by atoms with Crippen LogP contribution in [0.3, 0.4) is 0 Å². The van der Waals surface area contributed by atoms with Crippen LogP contribution in [0.5, 0.6) is 0 Å². The van der Waals surface area contributed by atoms with Crippen molar-refractivity contribution >= 4 is 11.9 Å². The van der Waals surface area contributed by atoms with Gasteiger partial charge in [-0.05, 0) is 17.5 Å². The third kappa shape index (κ3) is 4.20. The van der Waals surface area contributed by atoms with Crippen LogP contribution in [-0.2, 0) is 19.2 Å². The van der Waals surface area contributed by atoms with E-state index in [-0.39, 0.29) is 12.8 Å². The fourth-order valence-electron chi connectivity index (χ4n) is 3.37. The lowest BCUT2D eigenvalue weighted by Crippen LogP contribution is -2.39. The fourth-order valence-corrected chi connectivity index (χ4v) is 3.37. The van der Waals surface area contributed by atoms with E-state index < -0.39 is 23.4 Å². The number of benzene rings is 2. The molecule has 0 heterocycles. The number of hydroxylamine groups is 2. The molecule has 1 atom stereocenters. The van der Waals surface area contributed by atoms with Gasteiger partial charge in [0.15, 0.2) is 6.10 Å². The van der Waals surface area contributed by atoms with Gasteiger partial charge in [-0.3, -0.25) is 9.63 Å². The third-order valence-corrected chi connectivity index (χ3v) is 5.06. The highest BCUT2D eigenvalue weighted by atomic mass is 16.7. The predicted molar refractivity (Wildman–Crippen MR) is 106 cm³/mol. The van der Waals surface area contributed by atoms with E-state index in [0.717, 1.165) is 16.2 Å². The van der Waals surface area contributed by atoms with Crippen molar-refractivity contribution in [2.75, 3.05) is 14.2 Å². The molecule has 6 heteroatoms. The van der Waals surface area contributed by atoms with Crippen LogP contribution in [0.1, 0.15) is 30.1 Å². The lowest BCUT2D eigenvalue weighted by atomic mass is 9.85. The minimum absolute atomic E-state index is 0.00876. The number of carbonyl (C=O) groups excluding carboxylic acids is 2. The van der Waals surface area contributed by atoms with Gasteiger partial charge in [0.1, 0.15) is 5.41 Å². The monoisotopic (exact) mass is 390 g/mol. The van der Waals surface area contributed by atoms with Crippen molar-refractivity contribution in [1.82, 2.24) is 5.06 Å². The van der Waals surface area contributed by atoms with Gasteiger partial charge in [-0.15, -0.1) is 0 Å². The average molecular weight is 390 g/mol. The smallest absolute Gasteiger partial charge is 0.334 e. The molecular weight excluding hydrogens is 368 g/mol. The molecule has 0 bridgehead atoms. The van der Waals surface area contributed by atoms with Crippen LogP contribution in [-0.4, -0.2) is 31.1 Å². The summed E-state index contributed by atoms with van der Waals surface area (Å²) >= 11 is 0. The van der Waals surface area contributed by atoms with Gasteiger partial charge in [-0.1, -0.05) is 66.7 Å². The number of rotatable bonds is 6. The van der Waals surface area contributed by atoms with E-state index in [0.29, 0.717) is 5.57 Å². The fraction of sp³-hybridized carbons (Fsp3) is 0.261. The van der Waals surface area contributed by atoms with E-state index in [1.807, 2.05) is 60.7 Å². The molecule has 0 spiro atoms. The van der Waals surface area contributed by atoms with Gasteiger partial charge in [0.2, 0.25) is 0 Å². The molecule has 6 nitrogen and oxygen atoms in total. The zero-order valence-corrected chi connectivity index (χ0v) is 16.4. The van der Waals surface area contributed by atoms with Crippen LogP contribution < -0.4 is 0 Å². The van der Waals surface area contributed by atoms with Crippen LogP contribution >= 0.6 is 0 Å². The number of hydrogen-bond donors (Lipinski definition) is 0. The quantitative estimate of drug-likeness (QED) is 0.556. The summed E-state index contributed by atoms with van der Waals surface area (Å²) < 4.78 is 5.84. The van der Waals surface area contributed by atoms with Crippen molar-refractivity contribution < 1.29 is 19.2 Å². The first-order valence-corrected chi connectivity index (χ1v) is 9.24. The van der Waals surface area contributed by atoms with Gasteiger partial charge in [0.05, 0.1) is 13.2 Å². The second-order valence-electron chi connectivity index (χ2n) is 6.90. The molecule has 0 radical (unpaired) electrons. The minimum Gasteiger partial charge on any atom is -0.449 e. The van der Waals surface area contributed by atoms with Crippen molar-refractivity contribution in [2.45, 2.75) is 18.9 Å². The summed E-state index contributed by atoms with van der Waals surface area (Å²) in [7, 11) is 2.80. The van der Waals surface area contributed by atoms with E-state index in [4.69, 9.17) is 9.57 Å². The van der Waals surface area contributed by atoms with Gasteiger partial charge in [-0.2, -0.15) is 5.26 Å². The molecule has 0 unspecified atom stereocenters. The molecule has 1 aliphatic rings. The maximum Gasteiger partial charge on any atom is 0.334 e. The zero-order chi connectivity index (χ0) is 20.9. The van der Waals surface area contributed by atoms with Crippen LogP contribution in [0.2, 0.25) is 0 Å². The molecule has 2 aromatic rings. The average Bonchev–Trinajstić information content (AvgIpc) is 3.23. The Hall–Kier alpha value is -3.43. The standard InChI is InChI=1S/C23H22N2O4/c1-25(28-2)22(27)23(16-24)14-13-19(15-23)21(26)29-20(17-9-5-3-6-10-17)18-11-7-4-8-12-18/h3-13,20H,14-15H2,1-2H3/t23-/m1/s1. The maximum atomic E-state index is 12.9. The van der Waals surface area contributed by atoms with E-state index in [1.165, 1.54) is 14.2 Å². The number of ether oxygens (including phenoxy) is 1. The van der Waals surface area contributed by atoms with E-state index in [1.54, 1.807) is 6.08 Å². The number of amides is 1. The van der Waals surface area contributed by atoms with Crippen LogP contribution in [0.4, 0.5) is 0 Å². The summed E-state index contributed by atoms with van der Waals surface area (Å²) in [6.07, 6.45) is 1.16. The Morgan fingerprint density at radius 2 is 1.62 bits per heavy atom. The Bertz CT molecular complexity index is 910. The maximum absolute atomic E-state index is 12.9. The van der Waals surface area contributed by atoms with E-state index >= 15 is 0 Å². The van der Waals surface area contributed by atoms with Crippen molar-refractivity contribution in [3.63, 3.8) is 0 Å². The molecule has 0 saturated heterocycles. The van der Waals surface area contributed by atoms with Crippen molar-refractivity contribution in [2.24, 2.45) is 5.41 Å². The van der Waals surface area contributed by atoms with Gasteiger partial charge in [0.25, 0.3) is 5.91 Å². The number of allylic oxidation sites excluding steroid dienone is 1. The molecule has 0 aliphatic heterocycles. The molecule has 0 aromatic heterocycles. The topological polar surface area (TPSA) is 79.6 Å². The van der Waals surface area contributed by atoms with Crippen LogP contribution in [0.25, 0.3) is 0 Å².